The second-order valence-electron chi connectivity index (χ2n) is 5.83. The molecular formula is C17H15F5N2. The highest BCUT2D eigenvalue weighted by Gasteiger charge is 2.32. The summed E-state index contributed by atoms with van der Waals surface area (Å²) in [5.74, 6) is -1.44. The molecule has 128 valence electrons. The van der Waals surface area contributed by atoms with E-state index < -0.39 is 23.4 Å². The normalized spacial score (nSPS) is 16.0. The first-order valence-electron chi connectivity index (χ1n) is 7.37. The molecule has 3 rings (SSSR count). The summed E-state index contributed by atoms with van der Waals surface area (Å²) in [5.41, 5.74) is 0.357. The van der Waals surface area contributed by atoms with Gasteiger partial charge in [0.1, 0.15) is 11.6 Å². The van der Waals surface area contributed by atoms with E-state index in [2.05, 4.69) is 0 Å². The lowest BCUT2D eigenvalue weighted by Gasteiger charge is -2.25. The van der Waals surface area contributed by atoms with Gasteiger partial charge >= 0.3 is 6.18 Å². The number of nitrogens with zero attached hydrogens (tertiary/aromatic N) is 2. The molecular weight excluding hydrogens is 327 g/mol. The number of benzene rings is 2. The summed E-state index contributed by atoms with van der Waals surface area (Å²) in [6.07, 6.45) is -4.44. The van der Waals surface area contributed by atoms with Gasteiger partial charge in [0.05, 0.1) is 11.3 Å². The Balaban J connectivity index is 2.10. The first-order valence-corrected chi connectivity index (χ1v) is 7.37. The predicted octanol–water partition coefficient (Wildman–Crippen LogP) is 4.57. The maximum atomic E-state index is 14.2. The van der Waals surface area contributed by atoms with E-state index in [1.165, 1.54) is 12.1 Å². The number of likely N-dealkylation sites (N-methyl/N-ethyl adjacent to an activating group) is 1. The van der Waals surface area contributed by atoms with Crippen molar-refractivity contribution in [2.75, 3.05) is 25.0 Å². The maximum Gasteiger partial charge on any atom is 0.416 e. The first-order chi connectivity index (χ1) is 11.3. The zero-order chi connectivity index (χ0) is 17.5. The molecule has 0 unspecified atom stereocenters. The minimum Gasteiger partial charge on any atom is -0.338 e. The van der Waals surface area contributed by atoms with Crippen molar-refractivity contribution >= 4 is 11.4 Å². The summed E-state index contributed by atoms with van der Waals surface area (Å²) in [6, 6.07) is 6.63. The number of rotatable bonds is 1. The minimum absolute atomic E-state index is 0.146. The lowest BCUT2D eigenvalue weighted by Crippen LogP contribution is -2.26. The summed E-state index contributed by atoms with van der Waals surface area (Å²) < 4.78 is 66.2. The molecule has 1 aliphatic heterocycles. The van der Waals surface area contributed by atoms with Crippen LogP contribution in [-0.4, -0.2) is 25.0 Å². The van der Waals surface area contributed by atoms with Gasteiger partial charge in [0.25, 0.3) is 0 Å². The van der Waals surface area contributed by atoms with Crippen molar-refractivity contribution in [3.8, 4) is 0 Å². The maximum absolute atomic E-state index is 14.2. The van der Waals surface area contributed by atoms with E-state index in [0.29, 0.717) is 30.9 Å². The van der Waals surface area contributed by atoms with Crippen molar-refractivity contribution in [3.05, 3.63) is 59.2 Å². The number of anilines is 2. The topological polar surface area (TPSA) is 6.48 Å². The molecule has 0 atom stereocenters. The monoisotopic (exact) mass is 342 g/mol. The fraction of sp³-hybridized carbons (Fsp3) is 0.294. The Bertz CT molecular complexity index is 757. The SMILES string of the molecule is CN1CCN(c2ccc(F)cc2F)c2ccc(C(F)(F)F)cc2C1. The molecule has 2 aromatic carbocycles. The third-order valence-electron chi connectivity index (χ3n) is 4.04. The highest BCUT2D eigenvalue weighted by atomic mass is 19.4. The van der Waals surface area contributed by atoms with Crippen molar-refractivity contribution in [1.82, 2.24) is 4.90 Å². The van der Waals surface area contributed by atoms with Crippen LogP contribution >= 0.6 is 0 Å². The van der Waals surface area contributed by atoms with Gasteiger partial charge < -0.3 is 9.80 Å². The molecule has 2 nitrogen and oxygen atoms in total. The number of halogens is 5. The van der Waals surface area contributed by atoms with Gasteiger partial charge in [-0.3, -0.25) is 0 Å². The van der Waals surface area contributed by atoms with Gasteiger partial charge in [0, 0.05) is 31.4 Å². The standard InChI is InChI=1S/C17H15F5N2/c1-23-6-7-24(16-5-3-13(18)9-14(16)19)15-4-2-12(17(20,21)22)8-11(15)10-23/h2-5,8-9H,6-7,10H2,1H3. The van der Waals surface area contributed by atoms with Crippen LogP contribution in [0.3, 0.4) is 0 Å². The average molecular weight is 342 g/mol. The van der Waals surface area contributed by atoms with E-state index >= 15 is 0 Å². The van der Waals surface area contributed by atoms with Crippen LogP contribution in [0.1, 0.15) is 11.1 Å². The van der Waals surface area contributed by atoms with Crippen molar-refractivity contribution in [3.63, 3.8) is 0 Å². The molecule has 0 fully saturated rings. The quantitative estimate of drug-likeness (QED) is 0.701. The van der Waals surface area contributed by atoms with Crippen LogP contribution in [-0.2, 0) is 12.7 Å². The number of hydrogen-bond donors (Lipinski definition) is 0. The molecule has 0 aromatic heterocycles. The summed E-state index contributed by atoms with van der Waals surface area (Å²) in [6.45, 7) is 1.24. The van der Waals surface area contributed by atoms with E-state index in [1.54, 1.807) is 11.9 Å². The molecule has 24 heavy (non-hydrogen) atoms. The summed E-state index contributed by atoms with van der Waals surface area (Å²) in [4.78, 5) is 3.45. The van der Waals surface area contributed by atoms with Crippen molar-refractivity contribution < 1.29 is 22.0 Å². The van der Waals surface area contributed by atoms with Gasteiger partial charge in [-0.05, 0) is 42.9 Å². The molecule has 2 aromatic rings. The third kappa shape index (κ3) is 3.21. The van der Waals surface area contributed by atoms with Gasteiger partial charge in [0.2, 0.25) is 0 Å². The highest BCUT2D eigenvalue weighted by Crippen LogP contribution is 2.37. The van der Waals surface area contributed by atoms with Crippen LogP contribution in [0.4, 0.5) is 33.3 Å². The van der Waals surface area contributed by atoms with Gasteiger partial charge in [-0.15, -0.1) is 0 Å². The van der Waals surface area contributed by atoms with Crippen molar-refractivity contribution in [1.29, 1.82) is 0 Å². The van der Waals surface area contributed by atoms with E-state index in [4.69, 9.17) is 0 Å². The Labute approximate surface area is 136 Å². The molecule has 0 saturated heterocycles. The second kappa shape index (κ2) is 6.05. The van der Waals surface area contributed by atoms with E-state index in [-0.39, 0.29) is 5.69 Å². The van der Waals surface area contributed by atoms with Gasteiger partial charge in [-0.25, -0.2) is 8.78 Å². The number of hydrogen-bond acceptors (Lipinski definition) is 2. The molecule has 0 amide bonds. The lowest BCUT2D eigenvalue weighted by atomic mass is 10.1. The predicted molar refractivity (Wildman–Crippen MR) is 81.1 cm³/mol. The van der Waals surface area contributed by atoms with Gasteiger partial charge in [-0.1, -0.05) is 0 Å². The van der Waals surface area contributed by atoms with Crippen LogP contribution in [0.5, 0.6) is 0 Å². The van der Waals surface area contributed by atoms with Crippen molar-refractivity contribution in [2.24, 2.45) is 0 Å². The van der Waals surface area contributed by atoms with Gasteiger partial charge in [0.15, 0.2) is 0 Å². The Morgan fingerprint density at radius 1 is 0.917 bits per heavy atom. The summed E-state index contributed by atoms with van der Waals surface area (Å²) in [5, 5.41) is 0. The van der Waals surface area contributed by atoms with Crippen LogP contribution < -0.4 is 4.90 Å². The average Bonchev–Trinajstić information content (AvgIpc) is 2.64. The number of alkyl halides is 3. The molecule has 0 saturated carbocycles. The molecule has 0 bridgehead atoms. The van der Waals surface area contributed by atoms with Gasteiger partial charge in [-0.2, -0.15) is 13.2 Å². The summed E-state index contributed by atoms with van der Waals surface area (Å²) in [7, 11) is 1.79. The Morgan fingerprint density at radius 3 is 2.29 bits per heavy atom. The Kier molecular flexibility index (Phi) is 4.21. The van der Waals surface area contributed by atoms with Crippen LogP contribution in [0.2, 0.25) is 0 Å². The van der Waals surface area contributed by atoms with E-state index in [1.807, 2.05) is 4.90 Å². The van der Waals surface area contributed by atoms with E-state index in [0.717, 1.165) is 24.3 Å². The minimum atomic E-state index is -4.44. The van der Waals surface area contributed by atoms with Crippen molar-refractivity contribution in [2.45, 2.75) is 12.7 Å². The molecule has 7 heteroatoms. The van der Waals surface area contributed by atoms with Crippen LogP contribution in [0.15, 0.2) is 36.4 Å². The fourth-order valence-corrected chi connectivity index (χ4v) is 2.86. The number of fused-ring (bicyclic) bond motifs is 1. The zero-order valence-electron chi connectivity index (χ0n) is 12.9. The highest BCUT2D eigenvalue weighted by molar-refractivity contribution is 5.68. The summed E-state index contributed by atoms with van der Waals surface area (Å²) >= 11 is 0. The van der Waals surface area contributed by atoms with Crippen LogP contribution in [0, 0.1) is 11.6 Å². The fourth-order valence-electron chi connectivity index (χ4n) is 2.86. The second-order valence-corrected chi connectivity index (χ2v) is 5.83. The third-order valence-corrected chi connectivity index (χ3v) is 4.04. The van der Waals surface area contributed by atoms with Crippen LogP contribution in [0.25, 0.3) is 0 Å². The smallest absolute Gasteiger partial charge is 0.338 e. The molecule has 0 aliphatic carbocycles. The lowest BCUT2D eigenvalue weighted by molar-refractivity contribution is -0.137. The molecule has 0 radical (unpaired) electrons. The molecule has 1 aliphatic rings. The Morgan fingerprint density at radius 2 is 1.62 bits per heavy atom. The Hall–Kier alpha value is -2.15. The molecule has 1 heterocycles. The molecule has 0 N–H and O–H groups in total. The first kappa shape index (κ1) is 16.7. The largest absolute Gasteiger partial charge is 0.416 e. The zero-order valence-corrected chi connectivity index (χ0v) is 12.9. The molecule has 0 spiro atoms. The van der Waals surface area contributed by atoms with E-state index in [9.17, 15) is 22.0 Å².